The predicted octanol–water partition coefficient (Wildman–Crippen LogP) is 1.22. The van der Waals surface area contributed by atoms with Gasteiger partial charge in [-0.15, -0.1) is 6.42 Å². The van der Waals surface area contributed by atoms with E-state index in [0.29, 0.717) is 17.3 Å². The van der Waals surface area contributed by atoms with E-state index in [2.05, 4.69) is 15.9 Å². The van der Waals surface area contributed by atoms with E-state index in [4.69, 9.17) is 16.9 Å². The van der Waals surface area contributed by atoms with Crippen molar-refractivity contribution in [3.63, 3.8) is 0 Å². The summed E-state index contributed by atoms with van der Waals surface area (Å²) >= 11 is 0. The number of nitrogen functional groups attached to an aromatic ring is 1. The van der Waals surface area contributed by atoms with Crippen molar-refractivity contribution >= 4 is 16.9 Å². The Morgan fingerprint density at radius 1 is 1.27 bits per heavy atom. The minimum atomic E-state index is 0.195. The van der Waals surface area contributed by atoms with Crippen LogP contribution in [0.3, 0.4) is 0 Å². The first-order valence-corrected chi connectivity index (χ1v) is 4.39. The Bertz CT molecular complexity index is 531. The zero-order chi connectivity index (χ0) is 10.7. The highest BCUT2D eigenvalue weighted by Gasteiger charge is 2.00. The highest BCUT2D eigenvalue weighted by atomic mass is 16.5. The lowest BCUT2D eigenvalue weighted by Crippen LogP contribution is -1.97. The van der Waals surface area contributed by atoms with Gasteiger partial charge in [0.2, 0.25) is 5.88 Å². The lowest BCUT2D eigenvalue weighted by molar-refractivity contribution is 0.357. The molecule has 0 spiro atoms. The van der Waals surface area contributed by atoms with Gasteiger partial charge in [0.1, 0.15) is 5.82 Å². The van der Waals surface area contributed by atoms with Crippen molar-refractivity contribution in [2.45, 2.75) is 0 Å². The molecule has 2 aromatic heterocycles. The first-order chi connectivity index (χ1) is 7.29. The quantitative estimate of drug-likeness (QED) is 0.739. The molecule has 0 unspecified atom stereocenters. The first-order valence-electron chi connectivity index (χ1n) is 4.39. The van der Waals surface area contributed by atoms with Crippen molar-refractivity contribution in [1.29, 1.82) is 0 Å². The average molecular weight is 199 g/mol. The second-order valence-electron chi connectivity index (χ2n) is 2.93. The summed E-state index contributed by atoms with van der Waals surface area (Å²) in [4.78, 5) is 8.24. The van der Waals surface area contributed by atoms with Gasteiger partial charge in [-0.2, -0.15) is 4.98 Å². The fourth-order valence-electron chi connectivity index (χ4n) is 1.19. The van der Waals surface area contributed by atoms with Crippen LogP contribution in [-0.2, 0) is 0 Å². The molecule has 0 bridgehead atoms. The van der Waals surface area contributed by atoms with Crippen molar-refractivity contribution < 1.29 is 4.74 Å². The molecule has 0 saturated heterocycles. The molecule has 0 atom stereocenters. The Kier molecular flexibility index (Phi) is 2.38. The van der Waals surface area contributed by atoms with Gasteiger partial charge in [-0.05, 0) is 18.2 Å². The molecule has 0 fully saturated rings. The van der Waals surface area contributed by atoms with E-state index in [1.807, 2.05) is 12.1 Å². The average Bonchev–Trinajstić information content (AvgIpc) is 2.25. The van der Waals surface area contributed by atoms with Gasteiger partial charge in [0, 0.05) is 11.5 Å². The molecule has 4 heteroatoms. The van der Waals surface area contributed by atoms with E-state index in [-0.39, 0.29) is 6.61 Å². The molecule has 2 rings (SSSR count). The standard InChI is InChI=1S/C11H9N3O/c1-2-7-15-10-6-4-8-3-5-9(12)13-11(8)14-10/h1,3-6H,7H2,(H2,12,13,14). The maximum absolute atomic E-state index is 5.55. The van der Waals surface area contributed by atoms with Crippen LogP contribution in [0, 0.1) is 12.3 Å². The van der Waals surface area contributed by atoms with Crippen molar-refractivity contribution in [1.82, 2.24) is 9.97 Å². The van der Waals surface area contributed by atoms with Gasteiger partial charge in [-0.1, -0.05) is 5.92 Å². The van der Waals surface area contributed by atoms with Crippen LogP contribution < -0.4 is 10.5 Å². The number of fused-ring (bicyclic) bond motifs is 1. The molecule has 0 saturated carbocycles. The Labute approximate surface area is 87.1 Å². The number of hydrogen-bond donors (Lipinski definition) is 1. The number of aromatic nitrogens is 2. The zero-order valence-corrected chi connectivity index (χ0v) is 7.97. The van der Waals surface area contributed by atoms with Gasteiger partial charge in [0.25, 0.3) is 0 Å². The van der Waals surface area contributed by atoms with Gasteiger partial charge in [-0.25, -0.2) is 4.98 Å². The molecule has 0 aliphatic heterocycles. The molecular formula is C11H9N3O. The van der Waals surface area contributed by atoms with Gasteiger partial charge in [0.05, 0.1) is 0 Å². The van der Waals surface area contributed by atoms with Crippen molar-refractivity contribution in [2.24, 2.45) is 0 Å². The molecule has 74 valence electrons. The molecule has 0 aliphatic rings. The summed E-state index contributed by atoms with van der Waals surface area (Å²) in [6, 6.07) is 7.19. The summed E-state index contributed by atoms with van der Waals surface area (Å²) in [6.07, 6.45) is 5.07. The number of pyridine rings is 2. The van der Waals surface area contributed by atoms with Gasteiger partial charge in [-0.3, -0.25) is 0 Å². The van der Waals surface area contributed by atoms with Crippen molar-refractivity contribution in [3.05, 3.63) is 24.3 Å². The zero-order valence-electron chi connectivity index (χ0n) is 7.97. The number of hydrogen-bond acceptors (Lipinski definition) is 4. The Morgan fingerprint density at radius 2 is 2.07 bits per heavy atom. The number of anilines is 1. The van der Waals surface area contributed by atoms with E-state index >= 15 is 0 Å². The van der Waals surface area contributed by atoms with Crippen LogP contribution in [0.4, 0.5) is 5.82 Å². The normalized spacial score (nSPS) is 9.80. The molecule has 0 aromatic carbocycles. The molecule has 0 radical (unpaired) electrons. The lowest BCUT2D eigenvalue weighted by atomic mass is 10.3. The minimum Gasteiger partial charge on any atom is -0.464 e. The van der Waals surface area contributed by atoms with Crippen LogP contribution in [0.2, 0.25) is 0 Å². The summed E-state index contributed by atoms with van der Waals surface area (Å²) in [5, 5.41) is 0.914. The number of ether oxygens (including phenoxy) is 1. The number of nitrogens with two attached hydrogens (primary N) is 1. The van der Waals surface area contributed by atoms with Crippen LogP contribution in [0.25, 0.3) is 11.0 Å². The van der Waals surface area contributed by atoms with Crippen molar-refractivity contribution in [2.75, 3.05) is 12.3 Å². The third-order valence-electron chi connectivity index (χ3n) is 1.85. The molecule has 0 aliphatic carbocycles. The van der Waals surface area contributed by atoms with Crippen LogP contribution >= 0.6 is 0 Å². The van der Waals surface area contributed by atoms with E-state index in [0.717, 1.165) is 5.39 Å². The number of terminal acetylenes is 1. The summed E-state index contributed by atoms with van der Waals surface area (Å²) in [5.41, 5.74) is 6.11. The fraction of sp³-hybridized carbons (Fsp3) is 0.0909. The minimum absolute atomic E-state index is 0.195. The number of rotatable bonds is 2. The molecule has 2 N–H and O–H groups in total. The van der Waals surface area contributed by atoms with Crippen molar-refractivity contribution in [3.8, 4) is 18.2 Å². The summed E-state index contributed by atoms with van der Waals surface area (Å²) < 4.78 is 5.18. The van der Waals surface area contributed by atoms with Crippen LogP contribution in [0.1, 0.15) is 0 Å². The maximum atomic E-state index is 5.55. The third kappa shape index (κ3) is 1.97. The predicted molar refractivity (Wildman–Crippen MR) is 58.3 cm³/mol. The molecule has 15 heavy (non-hydrogen) atoms. The second kappa shape index (κ2) is 3.84. The molecule has 0 amide bonds. The second-order valence-corrected chi connectivity index (χ2v) is 2.93. The van der Waals surface area contributed by atoms with Crippen LogP contribution in [0.5, 0.6) is 5.88 Å². The largest absolute Gasteiger partial charge is 0.464 e. The summed E-state index contributed by atoms with van der Waals surface area (Å²) in [5.74, 6) is 3.26. The van der Waals surface area contributed by atoms with Crippen LogP contribution in [0.15, 0.2) is 24.3 Å². The molecule has 2 heterocycles. The van der Waals surface area contributed by atoms with E-state index in [9.17, 15) is 0 Å². The maximum Gasteiger partial charge on any atom is 0.216 e. The van der Waals surface area contributed by atoms with Gasteiger partial charge in [0.15, 0.2) is 12.3 Å². The van der Waals surface area contributed by atoms with Gasteiger partial charge >= 0.3 is 0 Å². The Morgan fingerprint density at radius 3 is 2.87 bits per heavy atom. The smallest absolute Gasteiger partial charge is 0.216 e. The lowest BCUT2D eigenvalue weighted by Gasteiger charge is -2.02. The monoisotopic (exact) mass is 199 g/mol. The highest BCUT2D eigenvalue weighted by molar-refractivity contribution is 5.76. The molecule has 2 aromatic rings. The Hall–Kier alpha value is -2.28. The SMILES string of the molecule is C#CCOc1ccc2ccc(N)nc2n1. The van der Waals surface area contributed by atoms with E-state index in [1.54, 1.807) is 12.1 Å². The summed E-state index contributed by atoms with van der Waals surface area (Å²) in [7, 11) is 0. The van der Waals surface area contributed by atoms with E-state index < -0.39 is 0 Å². The first kappa shape index (κ1) is 9.28. The topological polar surface area (TPSA) is 61.0 Å². The highest BCUT2D eigenvalue weighted by Crippen LogP contribution is 2.15. The Balaban J connectivity index is 2.41. The third-order valence-corrected chi connectivity index (χ3v) is 1.85. The molecule has 4 nitrogen and oxygen atoms in total. The van der Waals surface area contributed by atoms with E-state index in [1.165, 1.54) is 0 Å². The molecular weight excluding hydrogens is 190 g/mol. The van der Waals surface area contributed by atoms with Crippen LogP contribution in [-0.4, -0.2) is 16.6 Å². The fourth-order valence-corrected chi connectivity index (χ4v) is 1.19. The van der Waals surface area contributed by atoms with Gasteiger partial charge < -0.3 is 10.5 Å². The number of nitrogens with zero attached hydrogens (tertiary/aromatic N) is 2. The summed E-state index contributed by atoms with van der Waals surface area (Å²) in [6.45, 7) is 0.195.